The number of likely N-dealkylation sites (tertiary alicyclic amines) is 1. The first-order chi connectivity index (χ1) is 12.5. The Morgan fingerprint density at radius 3 is 2.38 bits per heavy atom. The predicted octanol–water partition coefficient (Wildman–Crippen LogP) is 2.03. The first-order valence-corrected chi connectivity index (χ1v) is 9.93. The lowest BCUT2D eigenvalue weighted by molar-refractivity contribution is -0.133. The average Bonchev–Trinajstić information content (AvgIpc) is 3.51. The van der Waals surface area contributed by atoms with Crippen LogP contribution in [0.4, 0.5) is 0 Å². The fourth-order valence-electron chi connectivity index (χ4n) is 3.85. The molecule has 1 aromatic rings. The highest BCUT2D eigenvalue weighted by molar-refractivity contribution is 5.81. The second-order valence-corrected chi connectivity index (χ2v) is 8.15. The Balaban J connectivity index is 1.46. The molecule has 26 heavy (non-hydrogen) atoms. The third kappa shape index (κ3) is 3.89. The molecule has 0 unspecified atom stereocenters. The van der Waals surface area contributed by atoms with Crippen molar-refractivity contribution >= 4 is 11.8 Å². The fourth-order valence-corrected chi connectivity index (χ4v) is 3.85. The molecule has 0 bridgehead atoms. The first-order valence-electron chi connectivity index (χ1n) is 9.93. The number of rotatable bonds is 5. The van der Waals surface area contributed by atoms with Gasteiger partial charge in [-0.3, -0.25) is 9.59 Å². The highest BCUT2D eigenvalue weighted by Crippen LogP contribution is 2.34. The number of piperidine rings is 1. The van der Waals surface area contributed by atoms with E-state index in [4.69, 9.17) is 9.97 Å². The number of nitrogens with zero attached hydrogens (tertiary/aromatic N) is 3. The number of hydrogen-bond acceptors (Lipinski definition) is 4. The van der Waals surface area contributed by atoms with E-state index < -0.39 is 0 Å². The molecule has 0 radical (unpaired) electrons. The standard InChI is InChI=1S/C20H28N4O2/c1-12-17(10-18(25)23-16-7-8-16)13(2)22-19(21-12)15-4-3-9-24(11-15)20(26)14-5-6-14/h14-16H,3-11H2,1-2H3,(H,23,25)/t15-/m1/s1. The summed E-state index contributed by atoms with van der Waals surface area (Å²) in [6.45, 7) is 5.53. The molecule has 2 heterocycles. The molecule has 0 spiro atoms. The Hall–Kier alpha value is -1.98. The van der Waals surface area contributed by atoms with Crippen molar-refractivity contribution < 1.29 is 9.59 Å². The van der Waals surface area contributed by atoms with Crippen LogP contribution in [-0.4, -0.2) is 45.8 Å². The van der Waals surface area contributed by atoms with Crippen LogP contribution in [0.2, 0.25) is 0 Å². The van der Waals surface area contributed by atoms with Crippen molar-refractivity contribution in [3.05, 3.63) is 22.8 Å². The van der Waals surface area contributed by atoms with E-state index >= 15 is 0 Å². The zero-order chi connectivity index (χ0) is 18.3. The van der Waals surface area contributed by atoms with Gasteiger partial charge in [-0.1, -0.05) is 0 Å². The molecule has 4 rings (SSSR count). The van der Waals surface area contributed by atoms with Crippen LogP contribution in [-0.2, 0) is 16.0 Å². The summed E-state index contributed by atoms with van der Waals surface area (Å²) >= 11 is 0. The van der Waals surface area contributed by atoms with Gasteiger partial charge in [-0.05, 0) is 52.4 Å². The lowest BCUT2D eigenvalue weighted by Crippen LogP contribution is -2.40. The van der Waals surface area contributed by atoms with E-state index in [0.717, 1.165) is 74.4 Å². The Morgan fingerprint density at radius 2 is 1.77 bits per heavy atom. The van der Waals surface area contributed by atoms with Gasteiger partial charge in [-0.2, -0.15) is 0 Å². The lowest BCUT2D eigenvalue weighted by atomic mass is 9.96. The summed E-state index contributed by atoms with van der Waals surface area (Å²) in [4.78, 5) is 36.0. The number of carbonyl (C=O) groups excluding carboxylic acids is 2. The molecular weight excluding hydrogens is 328 g/mol. The molecule has 3 fully saturated rings. The van der Waals surface area contributed by atoms with Crippen LogP contribution in [0.1, 0.15) is 67.2 Å². The molecule has 1 N–H and O–H groups in total. The van der Waals surface area contributed by atoms with Crippen molar-refractivity contribution in [3.8, 4) is 0 Å². The topological polar surface area (TPSA) is 75.2 Å². The maximum atomic E-state index is 12.4. The Kier molecular flexibility index (Phi) is 4.67. The van der Waals surface area contributed by atoms with Crippen LogP contribution >= 0.6 is 0 Å². The quantitative estimate of drug-likeness (QED) is 0.876. The van der Waals surface area contributed by atoms with Crippen molar-refractivity contribution in [2.45, 2.75) is 70.8 Å². The lowest BCUT2D eigenvalue weighted by Gasteiger charge is -2.32. The second-order valence-electron chi connectivity index (χ2n) is 8.15. The Morgan fingerprint density at radius 1 is 1.08 bits per heavy atom. The van der Waals surface area contributed by atoms with Gasteiger partial charge in [-0.15, -0.1) is 0 Å². The van der Waals surface area contributed by atoms with E-state index in [2.05, 4.69) is 5.32 Å². The van der Waals surface area contributed by atoms with Crippen molar-refractivity contribution in [2.75, 3.05) is 13.1 Å². The molecule has 0 aromatic carbocycles. The Labute approximate surface area is 154 Å². The van der Waals surface area contributed by atoms with Gasteiger partial charge in [0.1, 0.15) is 5.82 Å². The predicted molar refractivity (Wildman–Crippen MR) is 97.7 cm³/mol. The van der Waals surface area contributed by atoms with Gasteiger partial charge in [0.15, 0.2) is 0 Å². The van der Waals surface area contributed by atoms with Crippen LogP contribution in [0.5, 0.6) is 0 Å². The summed E-state index contributed by atoms with van der Waals surface area (Å²) in [5, 5.41) is 3.03. The molecule has 6 heteroatoms. The van der Waals surface area contributed by atoms with E-state index in [0.29, 0.717) is 18.4 Å². The van der Waals surface area contributed by atoms with Crippen molar-refractivity contribution in [2.24, 2.45) is 5.92 Å². The van der Waals surface area contributed by atoms with Gasteiger partial charge >= 0.3 is 0 Å². The van der Waals surface area contributed by atoms with Crippen molar-refractivity contribution in [1.29, 1.82) is 0 Å². The zero-order valence-corrected chi connectivity index (χ0v) is 15.8. The largest absolute Gasteiger partial charge is 0.353 e. The summed E-state index contributed by atoms with van der Waals surface area (Å²) in [6, 6.07) is 0.375. The molecule has 2 amide bonds. The van der Waals surface area contributed by atoms with Gasteiger partial charge in [-0.25, -0.2) is 9.97 Å². The van der Waals surface area contributed by atoms with Gasteiger partial charge < -0.3 is 10.2 Å². The molecule has 6 nitrogen and oxygen atoms in total. The van der Waals surface area contributed by atoms with Gasteiger partial charge in [0.25, 0.3) is 0 Å². The van der Waals surface area contributed by atoms with Gasteiger partial charge in [0.05, 0.1) is 6.42 Å². The molecule has 1 atom stereocenters. The molecule has 3 aliphatic rings. The maximum Gasteiger partial charge on any atom is 0.225 e. The van der Waals surface area contributed by atoms with E-state index in [9.17, 15) is 9.59 Å². The van der Waals surface area contributed by atoms with Crippen molar-refractivity contribution in [1.82, 2.24) is 20.2 Å². The van der Waals surface area contributed by atoms with Crippen LogP contribution in [0.15, 0.2) is 0 Å². The number of amides is 2. The number of hydrogen-bond donors (Lipinski definition) is 1. The third-order valence-corrected chi connectivity index (χ3v) is 5.74. The van der Waals surface area contributed by atoms with Gasteiger partial charge in [0.2, 0.25) is 11.8 Å². The van der Waals surface area contributed by atoms with Crippen LogP contribution < -0.4 is 5.32 Å². The third-order valence-electron chi connectivity index (χ3n) is 5.74. The molecule has 1 aliphatic heterocycles. The normalized spacial score (nSPS) is 23.0. The SMILES string of the molecule is Cc1nc([C@@H]2CCCN(C(=O)C3CC3)C2)nc(C)c1CC(=O)NC1CC1. The van der Waals surface area contributed by atoms with Crippen LogP contribution in [0.3, 0.4) is 0 Å². The van der Waals surface area contributed by atoms with E-state index in [1.165, 1.54) is 0 Å². The smallest absolute Gasteiger partial charge is 0.225 e. The number of aromatic nitrogens is 2. The van der Waals surface area contributed by atoms with Gasteiger partial charge in [0, 0.05) is 47.9 Å². The zero-order valence-electron chi connectivity index (χ0n) is 15.8. The summed E-state index contributed by atoms with van der Waals surface area (Å²) in [7, 11) is 0. The second kappa shape index (κ2) is 6.97. The molecule has 140 valence electrons. The summed E-state index contributed by atoms with van der Waals surface area (Å²) in [5.41, 5.74) is 2.72. The average molecular weight is 356 g/mol. The van der Waals surface area contributed by atoms with Crippen molar-refractivity contribution in [3.63, 3.8) is 0 Å². The van der Waals surface area contributed by atoms with Crippen LogP contribution in [0.25, 0.3) is 0 Å². The summed E-state index contributed by atoms with van der Waals surface area (Å²) in [5.74, 6) is 1.69. The molecule has 1 aromatic heterocycles. The highest BCUT2D eigenvalue weighted by Gasteiger charge is 2.36. The highest BCUT2D eigenvalue weighted by atomic mass is 16.2. The molecule has 2 aliphatic carbocycles. The van der Waals surface area contributed by atoms with E-state index in [1.54, 1.807) is 0 Å². The molecule has 2 saturated carbocycles. The monoisotopic (exact) mass is 356 g/mol. The minimum Gasteiger partial charge on any atom is -0.353 e. The molecule has 1 saturated heterocycles. The number of carbonyl (C=O) groups is 2. The first kappa shape index (κ1) is 17.4. The number of nitrogens with one attached hydrogen (secondary N) is 1. The summed E-state index contributed by atoms with van der Waals surface area (Å²) < 4.78 is 0. The number of aryl methyl sites for hydroxylation is 2. The molecular formula is C20H28N4O2. The summed E-state index contributed by atoms with van der Waals surface area (Å²) in [6.07, 6.45) is 6.67. The minimum atomic E-state index is 0.0638. The fraction of sp³-hybridized carbons (Fsp3) is 0.700. The van der Waals surface area contributed by atoms with E-state index in [-0.39, 0.29) is 17.7 Å². The minimum absolute atomic E-state index is 0.0638. The Bertz CT molecular complexity index is 702. The van der Waals surface area contributed by atoms with Crippen LogP contribution in [0, 0.1) is 19.8 Å². The maximum absolute atomic E-state index is 12.4. The van der Waals surface area contributed by atoms with E-state index in [1.807, 2.05) is 18.7 Å².